The van der Waals surface area contributed by atoms with Crippen LogP contribution in [0.2, 0.25) is 0 Å². The zero-order valence-corrected chi connectivity index (χ0v) is 8.58. The van der Waals surface area contributed by atoms with Gasteiger partial charge in [0.2, 0.25) is 0 Å². The second-order valence-electron chi connectivity index (χ2n) is 3.52. The highest BCUT2D eigenvalue weighted by molar-refractivity contribution is 5.26. The van der Waals surface area contributed by atoms with Crippen molar-refractivity contribution in [2.24, 2.45) is 0 Å². The summed E-state index contributed by atoms with van der Waals surface area (Å²) in [6.45, 7) is 0.238. The molecule has 0 amide bonds. The summed E-state index contributed by atoms with van der Waals surface area (Å²) in [6, 6.07) is 4.55. The molecule has 0 spiro atoms. The van der Waals surface area contributed by atoms with Crippen LogP contribution in [0.1, 0.15) is 11.1 Å². The molecular weight excluding hydrogens is 236 g/mol. The third-order valence-electron chi connectivity index (χ3n) is 2.24. The molecule has 0 N–H and O–H groups in total. The topological polar surface area (TPSA) is 17.8 Å². The maximum absolute atomic E-state index is 13.2. The van der Waals surface area contributed by atoms with Crippen molar-refractivity contribution >= 4 is 0 Å². The molecule has 17 heavy (non-hydrogen) atoms. The first kappa shape index (κ1) is 11.6. The summed E-state index contributed by atoms with van der Waals surface area (Å²) in [4.78, 5) is 0. The summed E-state index contributed by atoms with van der Waals surface area (Å²) in [5, 5.41) is 3.88. The number of aromatic nitrogens is 2. The predicted octanol–water partition coefficient (Wildman–Crippen LogP) is 3.09. The Labute approximate surface area is 94.5 Å². The van der Waals surface area contributed by atoms with E-state index >= 15 is 0 Å². The number of nitrogens with zero attached hydrogens (tertiary/aromatic N) is 2. The fourth-order valence-corrected chi connectivity index (χ4v) is 1.47. The summed E-state index contributed by atoms with van der Waals surface area (Å²) >= 11 is 0. The van der Waals surface area contributed by atoms with Gasteiger partial charge >= 0.3 is 6.18 Å². The van der Waals surface area contributed by atoms with Crippen molar-refractivity contribution in [3.63, 3.8) is 0 Å². The predicted molar refractivity (Wildman–Crippen MR) is 52.7 cm³/mol. The average Bonchev–Trinajstić information content (AvgIpc) is 2.68. The summed E-state index contributed by atoms with van der Waals surface area (Å²) in [5.41, 5.74) is -0.819. The van der Waals surface area contributed by atoms with E-state index in [0.29, 0.717) is 5.56 Å². The highest BCUT2D eigenvalue weighted by Crippen LogP contribution is 2.31. The first-order valence-electron chi connectivity index (χ1n) is 4.80. The second-order valence-corrected chi connectivity index (χ2v) is 3.52. The molecule has 0 saturated carbocycles. The summed E-state index contributed by atoms with van der Waals surface area (Å²) in [7, 11) is 0. The van der Waals surface area contributed by atoms with Crippen LogP contribution >= 0.6 is 0 Å². The molecule has 0 bridgehead atoms. The van der Waals surface area contributed by atoms with E-state index < -0.39 is 17.6 Å². The average molecular weight is 244 g/mol. The molecule has 2 rings (SSSR count). The van der Waals surface area contributed by atoms with E-state index in [1.807, 2.05) is 0 Å². The van der Waals surface area contributed by atoms with Gasteiger partial charge in [0.1, 0.15) is 5.82 Å². The van der Waals surface area contributed by atoms with Gasteiger partial charge < -0.3 is 0 Å². The molecule has 6 heteroatoms. The van der Waals surface area contributed by atoms with Crippen molar-refractivity contribution in [3.8, 4) is 0 Å². The van der Waals surface area contributed by atoms with Crippen molar-refractivity contribution in [2.75, 3.05) is 0 Å². The Hall–Kier alpha value is -1.85. The van der Waals surface area contributed by atoms with Crippen LogP contribution in [0, 0.1) is 5.82 Å². The normalized spacial score (nSPS) is 11.8. The lowest BCUT2D eigenvalue weighted by Gasteiger charge is -2.09. The van der Waals surface area contributed by atoms with Gasteiger partial charge in [-0.05, 0) is 23.8 Å². The van der Waals surface area contributed by atoms with E-state index in [0.717, 1.165) is 12.1 Å². The van der Waals surface area contributed by atoms with Crippen molar-refractivity contribution in [2.45, 2.75) is 12.7 Å². The minimum absolute atomic E-state index is 0.238. The molecule has 1 heterocycles. The fraction of sp³-hybridized carbons (Fsp3) is 0.182. The summed E-state index contributed by atoms with van der Waals surface area (Å²) in [6.07, 6.45) is -1.47. The van der Waals surface area contributed by atoms with Gasteiger partial charge in [-0.3, -0.25) is 4.68 Å². The minimum atomic E-state index is -4.66. The number of hydrogen-bond acceptors (Lipinski definition) is 1. The van der Waals surface area contributed by atoms with Crippen molar-refractivity contribution in [1.29, 1.82) is 0 Å². The Kier molecular flexibility index (Phi) is 2.87. The molecule has 1 aromatic carbocycles. The quantitative estimate of drug-likeness (QED) is 0.742. The maximum atomic E-state index is 13.2. The molecule has 0 radical (unpaired) electrons. The van der Waals surface area contributed by atoms with Gasteiger partial charge in [-0.1, -0.05) is 6.07 Å². The molecule has 2 aromatic rings. The molecule has 0 fully saturated rings. The first-order chi connectivity index (χ1) is 7.97. The Balaban J connectivity index is 2.25. The third kappa shape index (κ3) is 2.64. The molecule has 0 aliphatic carbocycles. The largest absolute Gasteiger partial charge is 0.419 e. The van der Waals surface area contributed by atoms with Crippen molar-refractivity contribution < 1.29 is 17.6 Å². The van der Waals surface area contributed by atoms with E-state index in [2.05, 4.69) is 5.10 Å². The van der Waals surface area contributed by atoms with Crippen LogP contribution in [0.15, 0.2) is 36.7 Å². The van der Waals surface area contributed by atoms with E-state index in [4.69, 9.17) is 0 Å². The first-order valence-corrected chi connectivity index (χ1v) is 4.80. The lowest BCUT2D eigenvalue weighted by Crippen LogP contribution is -2.09. The van der Waals surface area contributed by atoms with Gasteiger partial charge in [-0.15, -0.1) is 0 Å². The van der Waals surface area contributed by atoms with E-state index in [-0.39, 0.29) is 6.54 Å². The van der Waals surface area contributed by atoms with E-state index in [1.54, 1.807) is 18.5 Å². The van der Waals surface area contributed by atoms with Gasteiger partial charge in [0.15, 0.2) is 0 Å². The monoisotopic (exact) mass is 244 g/mol. The molecule has 0 saturated heterocycles. The number of rotatable bonds is 2. The zero-order valence-electron chi connectivity index (χ0n) is 8.58. The van der Waals surface area contributed by atoms with Gasteiger partial charge in [0.25, 0.3) is 0 Å². The Morgan fingerprint density at radius 3 is 2.53 bits per heavy atom. The van der Waals surface area contributed by atoms with Crippen LogP contribution in [0.5, 0.6) is 0 Å². The number of alkyl halides is 3. The van der Waals surface area contributed by atoms with Gasteiger partial charge in [-0.2, -0.15) is 18.3 Å². The highest BCUT2D eigenvalue weighted by Gasteiger charge is 2.33. The second kappa shape index (κ2) is 4.20. The van der Waals surface area contributed by atoms with E-state index in [9.17, 15) is 17.6 Å². The molecule has 90 valence electrons. The van der Waals surface area contributed by atoms with Crippen molar-refractivity contribution in [1.82, 2.24) is 9.78 Å². The minimum Gasteiger partial charge on any atom is -0.268 e. The van der Waals surface area contributed by atoms with Crippen LogP contribution in [-0.4, -0.2) is 9.78 Å². The standard InChI is InChI=1S/C11H8F4N2/c12-10-6-8(7-17-5-1-4-16-17)2-3-9(10)11(13,14)15/h1-6H,7H2. The lowest BCUT2D eigenvalue weighted by atomic mass is 10.1. The SMILES string of the molecule is Fc1cc(Cn2cccn2)ccc1C(F)(F)F. The lowest BCUT2D eigenvalue weighted by molar-refractivity contribution is -0.140. The summed E-state index contributed by atoms with van der Waals surface area (Å²) < 4.78 is 51.6. The molecule has 1 aromatic heterocycles. The molecule has 0 unspecified atom stereocenters. The molecular formula is C11H8F4N2. The van der Waals surface area contributed by atoms with Crippen LogP contribution in [0.3, 0.4) is 0 Å². The van der Waals surface area contributed by atoms with Gasteiger partial charge in [0.05, 0.1) is 12.1 Å². The smallest absolute Gasteiger partial charge is 0.268 e. The molecule has 0 aliphatic rings. The Morgan fingerprint density at radius 1 is 1.24 bits per heavy atom. The van der Waals surface area contributed by atoms with Crippen molar-refractivity contribution in [3.05, 3.63) is 53.6 Å². The third-order valence-corrected chi connectivity index (χ3v) is 2.24. The van der Waals surface area contributed by atoms with Crippen LogP contribution in [0.25, 0.3) is 0 Å². The molecule has 0 atom stereocenters. The van der Waals surface area contributed by atoms with Crippen LogP contribution in [-0.2, 0) is 12.7 Å². The number of benzene rings is 1. The Bertz CT molecular complexity index is 503. The summed E-state index contributed by atoms with van der Waals surface area (Å²) in [5.74, 6) is -1.26. The maximum Gasteiger partial charge on any atom is 0.419 e. The van der Waals surface area contributed by atoms with E-state index in [1.165, 1.54) is 10.7 Å². The highest BCUT2D eigenvalue weighted by atomic mass is 19.4. The van der Waals surface area contributed by atoms with Crippen LogP contribution < -0.4 is 0 Å². The van der Waals surface area contributed by atoms with Gasteiger partial charge in [0, 0.05) is 12.4 Å². The molecule has 0 aliphatic heterocycles. The fourth-order valence-electron chi connectivity index (χ4n) is 1.47. The molecule has 2 nitrogen and oxygen atoms in total. The Morgan fingerprint density at radius 2 is 2.00 bits per heavy atom. The van der Waals surface area contributed by atoms with Crippen LogP contribution in [0.4, 0.5) is 17.6 Å². The zero-order chi connectivity index (χ0) is 12.5. The number of halogens is 4. The van der Waals surface area contributed by atoms with Gasteiger partial charge in [-0.25, -0.2) is 4.39 Å². The number of hydrogen-bond donors (Lipinski definition) is 0.